The molecule has 0 aliphatic heterocycles. The minimum Gasteiger partial charge on any atom is -0.316 e. The number of rotatable bonds is 4. The Balaban J connectivity index is 1.54. The van der Waals surface area contributed by atoms with E-state index in [4.69, 9.17) is 17.3 Å². The summed E-state index contributed by atoms with van der Waals surface area (Å²) in [5.74, 6) is 0.0754. The van der Waals surface area contributed by atoms with Gasteiger partial charge in [-0.1, -0.05) is 72.3 Å². The van der Waals surface area contributed by atoms with Crippen molar-refractivity contribution < 1.29 is 4.79 Å². The highest BCUT2D eigenvalue weighted by Gasteiger charge is 2.19. The molecule has 0 radical (unpaired) electrons. The number of halogens is 1. The Bertz CT molecular complexity index is 1140. The molecule has 28 heavy (non-hydrogen) atoms. The number of aromatic nitrogens is 2. The lowest BCUT2D eigenvalue weighted by molar-refractivity contribution is -0.117. The van der Waals surface area contributed by atoms with Gasteiger partial charge in [0.05, 0.1) is 16.1 Å². The van der Waals surface area contributed by atoms with Crippen molar-refractivity contribution in [1.82, 2.24) is 9.55 Å². The van der Waals surface area contributed by atoms with Crippen molar-refractivity contribution in [2.45, 2.75) is 6.04 Å². The smallest absolute Gasteiger partial charge is 0.248 e. The van der Waals surface area contributed by atoms with Crippen LogP contribution in [0.2, 0.25) is 5.02 Å². The van der Waals surface area contributed by atoms with Crippen molar-refractivity contribution in [1.29, 1.82) is 0 Å². The molecule has 1 atom stereocenters. The van der Waals surface area contributed by atoms with E-state index in [1.807, 2.05) is 66.7 Å². The Kier molecular flexibility index (Phi) is 4.86. The fourth-order valence-corrected chi connectivity index (χ4v) is 3.48. The quantitative estimate of drug-likeness (QED) is 0.537. The highest BCUT2D eigenvalue weighted by molar-refractivity contribution is 6.35. The summed E-state index contributed by atoms with van der Waals surface area (Å²) >= 11 is 6.24. The molecule has 0 aliphatic rings. The highest BCUT2D eigenvalue weighted by atomic mass is 35.5. The summed E-state index contributed by atoms with van der Waals surface area (Å²) in [4.78, 5) is 17.1. The predicted molar refractivity (Wildman–Crippen MR) is 113 cm³/mol. The summed E-state index contributed by atoms with van der Waals surface area (Å²) in [5.41, 5.74) is 10.6. The van der Waals surface area contributed by atoms with Crippen LogP contribution in [-0.2, 0) is 11.8 Å². The van der Waals surface area contributed by atoms with Crippen LogP contribution in [0.25, 0.3) is 22.2 Å². The lowest BCUT2D eigenvalue weighted by Gasteiger charge is -2.13. The summed E-state index contributed by atoms with van der Waals surface area (Å²) in [6.07, 6.45) is 0. The Hall–Kier alpha value is -3.15. The first-order chi connectivity index (χ1) is 13.5. The molecule has 0 saturated carbocycles. The number of anilines is 1. The minimum absolute atomic E-state index is 0.331. The highest BCUT2D eigenvalue weighted by Crippen LogP contribution is 2.26. The number of amides is 1. The Morgan fingerprint density at radius 2 is 1.68 bits per heavy atom. The van der Waals surface area contributed by atoms with E-state index in [1.165, 1.54) is 0 Å². The van der Waals surface area contributed by atoms with E-state index in [0.717, 1.165) is 22.2 Å². The van der Waals surface area contributed by atoms with Crippen LogP contribution in [0.4, 0.5) is 5.95 Å². The summed E-state index contributed by atoms with van der Waals surface area (Å²) in [6.45, 7) is 0. The maximum atomic E-state index is 12.7. The van der Waals surface area contributed by atoms with Crippen LogP contribution in [0, 0.1) is 0 Å². The van der Waals surface area contributed by atoms with E-state index >= 15 is 0 Å². The second-order valence-electron chi connectivity index (χ2n) is 6.56. The van der Waals surface area contributed by atoms with Gasteiger partial charge in [0, 0.05) is 7.05 Å². The van der Waals surface area contributed by atoms with E-state index in [0.29, 0.717) is 16.5 Å². The summed E-state index contributed by atoms with van der Waals surface area (Å²) in [5, 5.41) is 3.38. The predicted octanol–water partition coefficient (Wildman–Crippen LogP) is 4.53. The molecule has 5 nitrogen and oxygen atoms in total. The third kappa shape index (κ3) is 3.38. The van der Waals surface area contributed by atoms with Gasteiger partial charge in [-0.2, -0.15) is 0 Å². The molecule has 140 valence electrons. The maximum absolute atomic E-state index is 12.7. The molecule has 4 rings (SSSR count). The van der Waals surface area contributed by atoms with Crippen molar-refractivity contribution in [3.05, 3.63) is 83.4 Å². The number of hydrogen-bond acceptors (Lipinski definition) is 3. The third-order valence-corrected chi connectivity index (χ3v) is 5.04. The van der Waals surface area contributed by atoms with E-state index in [9.17, 15) is 4.79 Å². The van der Waals surface area contributed by atoms with Gasteiger partial charge in [0.25, 0.3) is 0 Å². The maximum Gasteiger partial charge on any atom is 0.248 e. The van der Waals surface area contributed by atoms with Crippen molar-refractivity contribution in [3.8, 4) is 11.1 Å². The standard InChI is InChI=1S/C22H19ClN4O/c1-27-20-17(23)8-5-9-18(20)25-22(27)26-21(28)19(24)16-12-10-15(11-13-16)14-6-3-2-4-7-14/h2-13,19H,24H2,1H3,(H,25,26,28). The summed E-state index contributed by atoms with van der Waals surface area (Å²) in [6, 6.07) is 22.4. The molecule has 4 aromatic rings. The zero-order chi connectivity index (χ0) is 19.7. The van der Waals surface area contributed by atoms with Gasteiger partial charge in [-0.05, 0) is 28.8 Å². The van der Waals surface area contributed by atoms with Crippen molar-refractivity contribution >= 4 is 34.5 Å². The van der Waals surface area contributed by atoms with Crippen LogP contribution >= 0.6 is 11.6 Å². The lowest BCUT2D eigenvalue weighted by atomic mass is 10.0. The summed E-state index contributed by atoms with van der Waals surface area (Å²) < 4.78 is 1.75. The average molecular weight is 391 g/mol. The fraction of sp³-hybridized carbons (Fsp3) is 0.0909. The fourth-order valence-electron chi connectivity index (χ4n) is 3.19. The van der Waals surface area contributed by atoms with Crippen LogP contribution in [0.3, 0.4) is 0 Å². The molecular weight excluding hydrogens is 372 g/mol. The average Bonchev–Trinajstić information content (AvgIpc) is 3.04. The molecule has 1 aromatic heterocycles. The molecule has 0 aliphatic carbocycles. The number of para-hydroxylation sites is 1. The van der Waals surface area contributed by atoms with E-state index in [-0.39, 0.29) is 5.91 Å². The number of aryl methyl sites for hydroxylation is 1. The van der Waals surface area contributed by atoms with Crippen LogP contribution < -0.4 is 11.1 Å². The van der Waals surface area contributed by atoms with E-state index in [2.05, 4.69) is 10.3 Å². The number of hydrogen-bond donors (Lipinski definition) is 2. The van der Waals surface area contributed by atoms with Gasteiger partial charge in [0.15, 0.2) is 0 Å². The number of carbonyl (C=O) groups excluding carboxylic acids is 1. The van der Waals surface area contributed by atoms with Gasteiger partial charge in [-0.3, -0.25) is 10.1 Å². The second-order valence-corrected chi connectivity index (χ2v) is 6.96. The van der Waals surface area contributed by atoms with Crippen LogP contribution in [0.1, 0.15) is 11.6 Å². The van der Waals surface area contributed by atoms with Gasteiger partial charge in [-0.25, -0.2) is 4.98 Å². The number of nitrogens with two attached hydrogens (primary N) is 1. The largest absolute Gasteiger partial charge is 0.316 e. The summed E-state index contributed by atoms with van der Waals surface area (Å²) in [7, 11) is 1.80. The SMILES string of the molecule is Cn1c(NC(=O)C(N)c2ccc(-c3ccccc3)cc2)nc2cccc(Cl)c21. The number of imidazole rings is 1. The van der Waals surface area contributed by atoms with E-state index in [1.54, 1.807) is 17.7 Å². The monoisotopic (exact) mass is 390 g/mol. The Morgan fingerprint density at radius 1 is 1.00 bits per heavy atom. The number of nitrogens with one attached hydrogen (secondary N) is 1. The molecule has 0 bridgehead atoms. The Labute approximate surface area is 167 Å². The van der Waals surface area contributed by atoms with Crippen molar-refractivity contribution in [3.63, 3.8) is 0 Å². The first kappa shape index (κ1) is 18.2. The number of carbonyl (C=O) groups is 1. The minimum atomic E-state index is -0.805. The molecule has 1 amide bonds. The van der Waals surface area contributed by atoms with Gasteiger partial charge in [0.2, 0.25) is 11.9 Å². The molecule has 0 saturated heterocycles. The van der Waals surface area contributed by atoms with Crippen LogP contribution in [-0.4, -0.2) is 15.5 Å². The number of fused-ring (bicyclic) bond motifs is 1. The van der Waals surface area contributed by atoms with Gasteiger partial charge in [0.1, 0.15) is 6.04 Å². The first-order valence-corrected chi connectivity index (χ1v) is 9.25. The zero-order valence-electron chi connectivity index (χ0n) is 15.3. The van der Waals surface area contributed by atoms with E-state index < -0.39 is 6.04 Å². The van der Waals surface area contributed by atoms with Gasteiger partial charge >= 0.3 is 0 Å². The molecule has 6 heteroatoms. The molecule has 3 N–H and O–H groups in total. The number of nitrogens with zero attached hydrogens (tertiary/aromatic N) is 2. The second kappa shape index (κ2) is 7.46. The first-order valence-electron chi connectivity index (χ1n) is 8.87. The topological polar surface area (TPSA) is 72.9 Å². The molecule has 3 aromatic carbocycles. The lowest BCUT2D eigenvalue weighted by Crippen LogP contribution is -2.28. The third-order valence-electron chi connectivity index (χ3n) is 4.74. The van der Waals surface area contributed by atoms with Crippen molar-refractivity contribution in [2.75, 3.05) is 5.32 Å². The van der Waals surface area contributed by atoms with Gasteiger partial charge in [-0.15, -0.1) is 0 Å². The Morgan fingerprint density at radius 3 is 2.36 bits per heavy atom. The molecule has 1 unspecified atom stereocenters. The number of benzene rings is 3. The zero-order valence-corrected chi connectivity index (χ0v) is 16.0. The molecule has 0 fully saturated rings. The van der Waals surface area contributed by atoms with Crippen LogP contribution in [0.5, 0.6) is 0 Å². The molecule has 0 spiro atoms. The normalized spacial score (nSPS) is 12.1. The van der Waals surface area contributed by atoms with Crippen molar-refractivity contribution in [2.24, 2.45) is 12.8 Å². The van der Waals surface area contributed by atoms with Crippen LogP contribution in [0.15, 0.2) is 72.8 Å². The molecule has 1 heterocycles. The van der Waals surface area contributed by atoms with Gasteiger partial charge < -0.3 is 10.3 Å². The molecular formula is C22H19ClN4O.